The number of nitrogens with one attached hydrogen (secondary N) is 1. The minimum atomic E-state index is -0.270. The molecule has 3 nitrogen and oxygen atoms in total. The Balaban J connectivity index is 1.70. The summed E-state index contributed by atoms with van der Waals surface area (Å²) in [5, 5.41) is 3.21. The average molecular weight is 244 g/mol. The Morgan fingerprint density at radius 2 is 1.78 bits per heavy atom. The molecule has 0 bridgehead atoms. The maximum absolute atomic E-state index is 12.7. The third-order valence-corrected chi connectivity index (χ3v) is 3.01. The summed E-state index contributed by atoms with van der Waals surface area (Å²) in [5.41, 5.74) is 1.08. The Bertz CT molecular complexity index is 520. The van der Waals surface area contributed by atoms with E-state index >= 15 is 0 Å². The highest BCUT2D eigenvalue weighted by Gasteiger charge is 2.19. The van der Waals surface area contributed by atoms with Crippen molar-refractivity contribution in [2.75, 3.05) is 13.1 Å². The van der Waals surface area contributed by atoms with Gasteiger partial charge in [0.05, 0.1) is 6.20 Å². The highest BCUT2D eigenvalue weighted by Crippen LogP contribution is 2.23. The fourth-order valence-corrected chi connectivity index (χ4v) is 1.83. The Kier molecular flexibility index (Phi) is 2.94. The van der Waals surface area contributed by atoms with E-state index in [2.05, 4.69) is 10.3 Å². The number of ether oxygens (including phenoxy) is 1. The molecule has 0 unspecified atom stereocenters. The number of benzene rings is 1. The van der Waals surface area contributed by atoms with Crippen LogP contribution in [0.2, 0.25) is 0 Å². The molecule has 1 saturated heterocycles. The molecule has 18 heavy (non-hydrogen) atoms. The summed E-state index contributed by atoms with van der Waals surface area (Å²) in [6.07, 6.45) is 1.71. The topological polar surface area (TPSA) is 34.1 Å². The SMILES string of the molecule is Fc1ccc(Oc2ccc(C3CNC3)nc2)cc1. The summed E-state index contributed by atoms with van der Waals surface area (Å²) in [4.78, 5) is 4.38. The van der Waals surface area contributed by atoms with Gasteiger partial charge in [-0.1, -0.05) is 0 Å². The summed E-state index contributed by atoms with van der Waals surface area (Å²) in [6.45, 7) is 1.98. The Morgan fingerprint density at radius 3 is 2.33 bits per heavy atom. The first-order valence-corrected chi connectivity index (χ1v) is 5.91. The van der Waals surface area contributed by atoms with Gasteiger partial charge in [-0.25, -0.2) is 4.39 Å². The van der Waals surface area contributed by atoms with E-state index in [1.807, 2.05) is 12.1 Å². The van der Waals surface area contributed by atoms with Gasteiger partial charge >= 0.3 is 0 Å². The maximum atomic E-state index is 12.7. The van der Waals surface area contributed by atoms with Gasteiger partial charge in [0.2, 0.25) is 0 Å². The van der Waals surface area contributed by atoms with Crippen LogP contribution >= 0.6 is 0 Å². The molecule has 2 heterocycles. The fourth-order valence-electron chi connectivity index (χ4n) is 1.83. The van der Waals surface area contributed by atoms with Crippen LogP contribution in [0.4, 0.5) is 4.39 Å². The quantitative estimate of drug-likeness (QED) is 0.901. The van der Waals surface area contributed by atoms with Crippen molar-refractivity contribution >= 4 is 0 Å². The zero-order chi connectivity index (χ0) is 12.4. The Labute approximate surface area is 105 Å². The van der Waals surface area contributed by atoms with Crippen LogP contribution in [0.1, 0.15) is 11.6 Å². The van der Waals surface area contributed by atoms with E-state index in [9.17, 15) is 4.39 Å². The van der Waals surface area contributed by atoms with Crippen LogP contribution in [0, 0.1) is 5.82 Å². The van der Waals surface area contributed by atoms with Crippen LogP contribution in [0.25, 0.3) is 0 Å². The minimum Gasteiger partial charge on any atom is -0.456 e. The number of pyridine rings is 1. The molecule has 0 aliphatic carbocycles. The van der Waals surface area contributed by atoms with Gasteiger partial charge in [0, 0.05) is 24.7 Å². The van der Waals surface area contributed by atoms with Gasteiger partial charge in [-0.05, 0) is 36.4 Å². The van der Waals surface area contributed by atoms with Crippen molar-refractivity contribution in [3.8, 4) is 11.5 Å². The first kappa shape index (κ1) is 11.2. The molecule has 1 aromatic heterocycles. The normalized spacial score (nSPS) is 15.2. The van der Waals surface area contributed by atoms with Gasteiger partial charge < -0.3 is 10.1 Å². The molecule has 1 aliphatic heterocycles. The molecule has 1 N–H and O–H groups in total. The van der Waals surface area contributed by atoms with Crippen molar-refractivity contribution in [1.82, 2.24) is 10.3 Å². The van der Waals surface area contributed by atoms with Gasteiger partial charge in [0.15, 0.2) is 0 Å². The van der Waals surface area contributed by atoms with Crippen molar-refractivity contribution in [2.45, 2.75) is 5.92 Å². The summed E-state index contributed by atoms with van der Waals surface area (Å²) in [7, 11) is 0. The molecule has 0 atom stereocenters. The third kappa shape index (κ3) is 2.33. The zero-order valence-electron chi connectivity index (χ0n) is 9.77. The molecule has 1 aliphatic rings. The summed E-state index contributed by atoms with van der Waals surface area (Å²) in [6, 6.07) is 9.81. The molecule has 4 heteroatoms. The monoisotopic (exact) mass is 244 g/mol. The predicted molar refractivity (Wildman–Crippen MR) is 66.3 cm³/mol. The van der Waals surface area contributed by atoms with E-state index in [0.29, 0.717) is 17.4 Å². The standard InChI is InChI=1S/C14H13FN2O/c15-11-1-3-12(4-2-11)18-13-5-6-14(17-9-13)10-7-16-8-10/h1-6,9-10,16H,7-8H2. The molecule has 2 aromatic rings. The van der Waals surface area contributed by atoms with Gasteiger partial charge in [-0.3, -0.25) is 4.98 Å². The first-order chi connectivity index (χ1) is 8.81. The molecular formula is C14H13FN2O. The van der Waals surface area contributed by atoms with Crippen LogP contribution in [0.15, 0.2) is 42.6 Å². The van der Waals surface area contributed by atoms with Crippen LogP contribution in [-0.4, -0.2) is 18.1 Å². The molecule has 0 spiro atoms. The predicted octanol–water partition coefficient (Wildman–Crippen LogP) is 2.70. The molecule has 0 amide bonds. The number of rotatable bonds is 3. The van der Waals surface area contributed by atoms with E-state index in [-0.39, 0.29) is 5.82 Å². The highest BCUT2D eigenvalue weighted by molar-refractivity contribution is 5.30. The second-order valence-electron chi connectivity index (χ2n) is 4.33. The number of aromatic nitrogens is 1. The smallest absolute Gasteiger partial charge is 0.145 e. The molecule has 1 fully saturated rings. The molecule has 0 saturated carbocycles. The van der Waals surface area contributed by atoms with Crippen molar-refractivity contribution in [3.05, 3.63) is 54.1 Å². The lowest BCUT2D eigenvalue weighted by Crippen LogP contribution is -2.40. The van der Waals surface area contributed by atoms with Crippen molar-refractivity contribution < 1.29 is 9.13 Å². The van der Waals surface area contributed by atoms with Crippen LogP contribution in [0.3, 0.4) is 0 Å². The second-order valence-corrected chi connectivity index (χ2v) is 4.33. The van der Waals surface area contributed by atoms with E-state index < -0.39 is 0 Å². The number of hydrogen-bond donors (Lipinski definition) is 1. The van der Waals surface area contributed by atoms with Gasteiger partial charge in [-0.15, -0.1) is 0 Å². The van der Waals surface area contributed by atoms with Crippen LogP contribution in [-0.2, 0) is 0 Å². The number of halogens is 1. The molecule has 1 aromatic carbocycles. The third-order valence-electron chi connectivity index (χ3n) is 3.01. The van der Waals surface area contributed by atoms with E-state index in [4.69, 9.17) is 4.74 Å². The van der Waals surface area contributed by atoms with E-state index in [1.54, 1.807) is 18.3 Å². The van der Waals surface area contributed by atoms with E-state index in [0.717, 1.165) is 18.8 Å². The number of hydrogen-bond acceptors (Lipinski definition) is 3. The number of nitrogens with zero attached hydrogens (tertiary/aromatic N) is 1. The van der Waals surface area contributed by atoms with Crippen molar-refractivity contribution in [3.63, 3.8) is 0 Å². The van der Waals surface area contributed by atoms with Crippen molar-refractivity contribution in [2.24, 2.45) is 0 Å². The molecule has 92 valence electrons. The Hall–Kier alpha value is -1.94. The van der Waals surface area contributed by atoms with Crippen LogP contribution in [0.5, 0.6) is 11.5 Å². The molecule has 3 rings (SSSR count). The summed E-state index contributed by atoms with van der Waals surface area (Å²) < 4.78 is 18.3. The second kappa shape index (κ2) is 4.74. The Morgan fingerprint density at radius 1 is 1.06 bits per heavy atom. The highest BCUT2D eigenvalue weighted by atomic mass is 19.1. The maximum Gasteiger partial charge on any atom is 0.145 e. The van der Waals surface area contributed by atoms with E-state index in [1.165, 1.54) is 12.1 Å². The summed E-state index contributed by atoms with van der Waals surface area (Å²) in [5.74, 6) is 1.52. The summed E-state index contributed by atoms with van der Waals surface area (Å²) >= 11 is 0. The largest absolute Gasteiger partial charge is 0.456 e. The van der Waals surface area contributed by atoms with Gasteiger partial charge in [-0.2, -0.15) is 0 Å². The molecule has 0 radical (unpaired) electrons. The minimum absolute atomic E-state index is 0.270. The van der Waals surface area contributed by atoms with Gasteiger partial charge in [0.25, 0.3) is 0 Å². The molecular weight excluding hydrogens is 231 g/mol. The van der Waals surface area contributed by atoms with Crippen molar-refractivity contribution in [1.29, 1.82) is 0 Å². The lowest BCUT2D eigenvalue weighted by molar-refractivity contribution is 0.436. The van der Waals surface area contributed by atoms with Gasteiger partial charge in [0.1, 0.15) is 17.3 Å². The van der Waals surface area contributed by atoms with Crippen LogP contribution < -0.4 is 10.1 Å². The lowest BCUT2D eigenvalue weighted by atomic mass is 9.99. The fraction of sp³-hybridized carbons (Fsp3) is 0.214. The first-order valence-electron chi connectivity index (χ1n) is 5.91. The lowest BCUT2D eigenvalue weighted by Gasteiger charge is -2.26. The zero-order valence-corrected chi connectivity index (χ0v) is 9.77. The average Bonchev–Trinajstić information content (AvgIpc) is 2.32.